The number of rotatable bonds is 16. The van der Waals surface area contributed by atoms with Gasteiger partial charge in [0.25, 0.3) is 0 Å². The van der Waals surface area contributed by atoms with E-state index < -0.39 is 0 Å². The Bertz CT molecular complexity index is 7880. The van der Waals surface area contributed by atoms with Crippen molar-refractivity contribution in [3.63, 3.8) is 0 Å². The van der Waals surface area contributed by atoms with Crippen LogP contribution < -0.4 is 0 Å². The Morgan fingerprint density at radius 1 is 0.182 bits per heavy atom. The van der Waals surface area contributed by atoms with E-state index in [0.29, 0.717) is 11.4 Å². The first kappa shape index (κ1) is 80.3. The molecule has 10 nitrogen and oxygen atoms in total. The number of hydrogen-bond donors (Lipinski definition) is 0. The van der Waals surface area contributed by atoms with Crippen LogP contribution in [0.25, 0.3) is 267 Å². The topological polar surface area (TPSA) is 130 Å². The molecular weight excluding hydrogens is 1970 g/mol. The van der Waals surface area contributed by atoms with Crippen LogP contribution >= 0.6 is 0 Å². The molecule has 0 fully saturated rings. The monoisotopic (exact) mass is 2040 g/mol. The summed E-state index contributed by atoms with van der Waals surface area (Å²) in [6.07, 6.45) is 11.8. The maximum atomic E-state index is 6.55. The number of para-hydroxylation sites is 4. The maximum Gasteiger partial charge on any atom is 3.00 e. The smallest absolute Gasteiger partial charge is 0.501 e. The average Bonchev–Trinajstić information content (AvgIpc) is 1.71. The normalized spacial score (nSPS) is 11.5. The molecule has 132 heavy (non-hydrogen) atoms. The molecule has 25 rings (SSSR count). The first-order valence-electron chi connectivity index (χ1n) is 43.1. The molecular formula is C120H66Ir2N6O4. The Morgan fingerprint density at radius 2 is 0.424 bits per heavy atom. The number of nitrogens with zero attached hydrogens (tertiary/aromatic N) is 6. The van der Waals surface area contributed by atoms with Crippen molar-refractivity contribution in [1.29, 1.82) is 0 Å². The van der Waals surface area contributed by atoms with E-state index in [1.807, 2.05) is 152 Å². The standard InChI is InChI=1S/C120H66N6O4.2Ir/c1-2-25-73(26-3-1)120-125-71-84(72-126-120)115-93(82-63-78(89-31-8-4-27-85(89)74-53-57-107(121-67-74)103-45-21-41-99-95-35-12-16-49-111(95)127-116(99)103)61-79(64-82)90-32-9-5-28-86(90)75-54-58-108(122-68-75)104-46-22-42-100-96-36-13-17-50-112(96)128-117(100)104)39-20-40-94(115)83-65-80(91-33-10-6-29-87(91)76-55-59-109(123-69-76)105-47-23-43-101-97-37-14-18-51-113(97)129-118(101)105)62-81(66-83)92-34-11-7-30-88(92)77-56-60-110(124-70-77)106-48-24-44-102-98-38-15-19-52-114(98)130-119(102)106;;/h1-24,27-44,49-72H;;/q-6;2*+3. The Labute approximate surface area is 785 Å². The van der Waals surface area contributed by atoms with E-state index in [2.05, 4.69) is 285 Å². The predicted octanol–water partition coefficient (Wildman–Crippen LogP) is 31.1. The van der Waals surface area contributed by atoms with Crippen molar-refractivity contribution in [2.45, 2.75) is 0 Å². The molecule has 618 valence electrons. The molecule has 12 heteroatoms. The Kier molecular flexibility index (Phi) is 20.5. The van der Waals surface area contributed by atoms with E-state index >= 15 is 0 Å². The fourth-order valence-electron chi connectivity index (χ4n) is 18.9. The Morgan fingerprint density at radius 3 is 0.697 bits per heavy atom. The van der Waals surface area contributed by atoms with Crippen LogP contribution in [0.3, 0.4) is 0 Å². The van der Waals surface area contributed by atoms with Crippen LogP contribution in [0.1, 0.15) is 0 Å². The third kappa shape index (κ3) is 14.1. The molecule has 0 unspecified atom stereocenters. The van der Waals surface area contributed by atoms with Crippen molar-refractivity contribution in [3.05, 3.63) is 438 Å². The van der Waals surface area contributed by atoms with Gasteiger partial charge in [0.15, 0.2) is 0 Å². The molecule has 0 aliphatic rings. The van der Waals surface area contributed by atoms with E-state index in [1.54, 1.807) is 0 Å². The Balaban J connectivity index is 0.00000494. The molecule has 9 heterocycles. The number of furan rings is 4. The van der Waals surface area contributed by atoms with Gasteiger partial charge in [-0.2, -0.15) is 0 Å². The van der Waals surface area contributed by atoms with E-state index in [-0.39, 0.29) is 40.2 Å². The van der Waals surface area contributed by atoms with Gasteiger partial charge in [0, 0.05) is 69.9 Å². The average molecular weight is 2040 g/mol. The van der Waals surface area contributed by atoms with Crippen LogP contribution in [0.2, 0.25) is 0 Å². The van der Waals surface area contributed by atoms with Gasteiger partial charge in [0.1, 0.15) is 22.3 Å². The molecule has 16 aromatic carbocycles. The number of hydrogen-bond acceptors (Lipinski definition) is 10. The summed E-state index contributed by atoms with van der Waals surface area (Å²) in [4.78, 5) is 31.3. The van der Waals surface area contributed by atoms with Gasteiger partial charge in [0.05, 0.1) is 22.3 Å². The summed E-state index contributed by atoms with van der Waals surface area (Å²) < 4.78 is 26.2. The second kappa shape index (κ2) is 33.7. The van der Waals surface area contributed by atoms with Gasteiger partial charge in [-0.05, 0) is 201 Å². The molecule has 0 radical (unpaired) electrons. The summed E-state index contributed by atoms with van der Waals surface area (Å²) in [5.74, 6) is 0.498. The molecule has 0 aliphatic carbocycles. The minimum absolute atomic E-state index is 0. The van der Waals surface area contributed by atoms with Crippen LogP contribution in [0.5, 0.6) is 0 Å². The maximum absolute atomic E-state index is 6.55. The van der Waals surface area contributed by atoms with Crippen LogP contribution in [-0.2, 0) is 40.2 Å². The quantitative estimate of drug-likeness (QED) is 0.0862. The van der Waals surface area contributed by atoms with Gasteiger partial charge in [0.2, 0.25) is 0 Å². The van der Waals surface area contributed by atoms with E-state index in [4.69, 9.17) is 47.6 Å². The summed E-state index contributed by atoms with van der Waals surface area (Å²) in [5, 5.41) is 8.24. The third-order valence-electron chi connectivity index (χ3n) is 25.0. The van der Waals surface area contributed by atoms with Crippen molar-refractivity contribution in [2.24, 2.45) is 0 Å². The minimum atomic E-state index is 0. The van der Waals surface area contributed by atoms with Gasteiger partial charge in [-0.15, -0.1) is 72.8 Å². The molecule has 0 saturated heterocycles. The first-order chi connectivity index (χ1) is 64.4. The zero-order valence-corrected chi connectivity index (χ0v) is 74.9. The summed E-state index contributed by atoms with van der Waals surface area (Å²) in [5.41, 5.74) is 34.1. The Hall–Kier alpha value is -16.3. The van der Waals surface area contributed by atoms with Crippen LogP contribution in [0.4, 0.5) is 0 Å². The number of benzene rings is 16. The molecule has 0 N–H and O–H groups in total. The molecule has 25 aromatic rings. The minimum Gasteiger partial charge on any atom is -0.501 e. The molecule has 0 aliphatic heterocycles. The fraction of sp³-hybridized carbons (Fsp3) is 0. The first-order valence-corrected chi connectivity index (χ1v) is 43.1. The van der Waals surface area contributed by atoms with Crippen molar-refractivity contribution in [3.8, 4) is 179 Å². The van der Waals surface area contributed by atoms with Crippen molar-refractivity contribution in [2.75, 3.05) is 0 Å². The fourth-order valence-corrected chi connectivity index (χ4v) is 18.9. The third-order valence-corrected chi connectivity index (χ3v) is 25.0. The van der Waals surface area contributed by atoms with Gasteiger partial charge in [-0.3, -0.25) is 12.1 Å². The summed E-state index contributed by atoms with van der Waals surface area (Å²) in [6, 6.07) is 147. The van der Waals surface area contributed by atoms with Gasteiger partial charge >= 0.3 is 40.2 Å². The van der Waals surface area contributed by atoms with E-state index in [9.17, 15) is 0 Å². The van der Waals surface area contributed by atoms with Gasteiger partial charge < -0.3 is 47.6 Å². The predicted molar refractivity (Wildman–Crippen MR) is 522 cm³/mol. The number of fused-ring (bicyclic) bond motifs is 12. The zero-order chi connectivity index (χ0) is 85.7. The molecule has 0 atom stereocenters. The van der Waals surface area contributed by atoms with E-state index in [1.165, 1.54) is 0 Å². The van der Waals surface area contributed by atoms with Gasteiger partial charge in [-0.1, -0.05) is 280 Å². The molecule has 9 aromatic heterocycles. The van der Waals surface area contributed by atoms with Gasteiger partial charge in [-0.25, -0.2) is 23.8 Å². The molecule has 0 spiro atoms. The van der Waals surface area contributed by atoms with Crippen LogP contribution in [-0.4, -0.2) is 29.9 Å². The van der Waals surface area contributed by atoms with Crippen molar-refractivity contribution < 1.29 is 57.9 Å². The largest absolute Gasteiger partial charge is 3.00 e. The summed E-state index contributed by atoms with van der Waals surface area (Å²) in [6.45, 7) is 0. The second-order valence-corrected chi connectivity index (χ2v) is 32.5. The van der Waals surface area contributed by atoms with Crippen molar-refractivity contribution in [1.82, 2.24) is 29.9 Å². The van der Waals surface area contributed by atoms with Crippen LogP contribution in [0, 0.1) is 36.4 Å². The van der Waals surface area contributed by atoms with Crippen molar-refractivity contribution >= 4 is 87.8 Å². The summed E-state index contributed by atoms with van der Waals surface area (Å²) in [7, 11) is 0. The molecule has 0 bridgehead atoms. The van der Waals surface area contributed by atoms with E-state index in [0.717, 1.165) is 255 Å². The number of pyridine rings is 4. The zero-order valence-electron chi connectivity index (χ0n) is 70.1. The second-order valence-electron chi connectivity index (χ2n) is 32.5. The number of aromatic nitrogens is 6. The summed E-state index contributed by atoms with van der Waals surface area (Å²) >= 11 is 0. The molecule has 0 saturated carbocycles. The molecule has 0 amide bonds. The van der Waals surface area contributed by atoms with Crippen LogP contribution in [0.15, 0.2) is 419 Å². The SMILES string of the molecule is [Ir+3].[Ir+3].[c-]1ccc[c-]c1-c1ncc(-c2c(-c3cc(-c4ccccc4-c4ccc(-c5[c-]ccc6c5oc5ccccc56)nc4)cc(-c4ccccc4-c4ccc(-c5[c-]ccc6c5oc5ccccc56)nc4)c3)cccc2-c2cc(-c3ccccc3-c3ccc(-c4[c-]ccc5c4oc4ccccc45)nc3)cc(-c3ccccc3-c3ccc(-c4[c-]ccc5c4oc4ccccc45)nc3)c2)cn1.